The standard InChI is InChI=1S/C25H30Cl3N9O2/c1-30-25(39)36-8-2-3-15(12-36)32-23-31-11-19-22(35-23)37(16-6-4-13(5-7-16)21(29)38)24(33-19)34-20-17(27)9-14(26)10-18(20)28/h9-11,13,15-16H,2-8,12H2,1H3,(H2,29,38)(H,30,39)(H,33,34)(H,31,32,35)/t13-,15-,16+/m1/s1. The van der Waals surface area contributed by atoms with Crippen LogP contribution in [0.3, 0.4) is 0 Å². The number of aromatic nitrogens is 4. The van der Waals surface area contributed by atoms with Crippen molar-refractivity contribution in [3.05, 3.63) is 33.4 Å². The third kappa shape index (κ3) is 5.95. The number of likely N-dealkylation sites (tertiary alicyclic amines) is 1. The molecule has 1 saturated heterocycles. The Balaban J connectivity index is 1.48. The van der Waals surface area contributed by atoms with Gasteiger partial charge in [-0.25, -0.2) is 14.8 Å². The Morgan fingerprint density at radius 1 is 1.05 bits per heavy atom. The molecule has 1 atom stereocenters. The molecule has 0 bridgehead atoms. The average molecular weight is 595 g/mol. The Morgan fingerprint density at radius 3 is 2.44 bits per heavy atom. The van der Waals surface area contributed by atoms with Crippen LogP contribution in [0.15, 0.2) is 18.3 Å². The molecule has 2 aromatic heterocycles. The van der Waals surface area contributed by atoms with Crippen molar-refractivity contribution in [1.82, 2.24) is 29.7 Å². The number of primary amides is 1. The molecule has 2 fully saturated rings. The normalized spacial score (nSPS) is 21.5. The van der Waals surface area contributed by atoms with Crippen molar-refractivity contribution in [3.63, 3.8) is 0 Å². The van der Waals surface area contributed by atoms with Gasteiger partial charge in [0.2, 0.25) is 17.8 Å². The van der Waals surface area contributed by atoms with Crippen LogP contribution in [0.5, 0.6) is 0 Å². The Hall–Kier alpha value is -3.02. The molecule has 3 heterocycles. The fourth-order valence-electron chi connectivity index (χ4n) is 5.41. The lowest BCUT2D eigenvalue weighted by Crippen LogP contribution is -2.48. The summed E-state index contributed by atoms with van der Waals surface area (Å²) in [6.45, 7) is 1.27. The number of nitrogens with two attached hydrogens (primary N) is 1. The largest absolute Gasteiger partial charge is 0.369 e. The number of piperidine rings is 1. The van der Waals surface area contributed by atoms with Gasteiger partial charge in [-0.1, -0.05) is 34.8 Å². The molecule has 0 spiro atoms. The van der Waals surface area contributed by atoms with Crippen molar-refractivity contribution in [3.8, 4) is 0 Å². The highest BCUT2D eigenvalue weighted by molar-refractivity contribution is 6.41. The van der Waals surface area contributed by atoms with Gasteiger partial charge in [-0.3, -0.25) is 9.36 Å². The fourth-order valence-corrected chi connectivity index (χ4v) is 6.32. The number of hydrogen-bond acceptors (Lipinski definition) is 7. The zero-order chi connectivity index (χ0) is 27.7. The maximum atomic E-state index is 12.1. The summed E-state index contributed by atoms with van der Waals surface area (Å²) in [5.41, 5.74) is 7.29. The van der Waals surface area contributed by atoms with Crippen LogP contribution in [0, 0.1) is 5.92 Å². The summed E-state index contributed by atoms with van der Waals surface area (Å²) in [6.07, 6.45) is 6.26. The smallest absolute Gasteiger partial charge is 0.317 e. The lowest BCUT2D eigenvalue weighted by molar-refractivity contribution is -0.122. The van der Waals surface area contributed by atoms with Gasteiger partial charge in [0.1, 0.15) is 5.52 Å². The molecule has 14 heteroatoms. The van der Waals surface area contributed by atoms with E-state index in [2.05, 4.69) is 20.9 Å². The van der Waals surface area contributed by atoms with Gasteiger partial charge in [-0.05, 0) is 50.7 Å². The van der Waals surface area contributed by atoms with Gasteiger partial charge in [-0.2, -0.15) is 4.98 Å². The van der Waals surface area contributed by atoms with E-state index < -0.39 is 0 Å². The molecule has 39 heavy (non-hydrogen) atoms. The molecule has 1 aliphatic carbocycles. The summed E-state index contributed by atoms with van der Waals surface area (Å²) in [4.78, 5) is 39.8. The van der Waals surface area contributed by atoms with E-state index in [1.54, 1.807) is 30.3 Å². The lowest BCUT2D eigenvalue weighted by atomic mass is 9.85. The highest BCUT2D eigenvalue weighted by Gasteiger charge is 2.30. The van der Waals surface area contributed by atoms with Gasteiger partial charge in [-0.15, -0.1) is 0 Å². The van der Waals surface area contributed by atoms with Crippen LogP contribution in [0.2, 0.25) is 15.1 Å². The molecule has 3 amide bonds. The minimum Gasteiger partial charge on any atom is -0.369 e. The number of amides is 3. The van der Waals surface area contributed by atoms with Gasteiger partial charge in [0, 0.05) is 43.2 Å². The summed E-state index contributed by atoms with van der Waals surface area (Å²) in [7, 11) is 1.63. The number of carbonyl (C=O) groups is 2. The monoisotopic (exact) mass is 593 g/mol. The van der Waals surface area contributed by atoms with Crippen LogP contribution >= 0.6 is 34.8 Å². The van der Waals surface area contributed by atoms with Crippen molar-refractivity contribution in [2.24, 2.45) is 11.7 Å². The predicted molar refractivity (Wildman–Crippen MR) is 153 cm³/mol. The van der Waals surface area contributed by atoms with E-state index in [1.165, 1.54) is 0 Å². The molecule has 0 unspecified atom stereocenters. The van der Waals surface area contributed by atoms with Crippen molar-refractivity contribution < 1.29 is 9.59 Å². The fraction of sp³-hybridized carbons (Fsp3) is 0.480. The number of halogens is 3. The van der Waals surface area contributed by atoms with E-state index in [9.17, 15) is 9.59 Å². The van der Waals surface area contributed by atoms with E-state index in [4.69, 9.17) is 50.5 Å². The number of imidazole rings is 1. The quantitative estimate of drug-likeness (QED) is 0.316. The van der Waals surface area contributed by atoms with E-state index in [1.807, 2.05) is 4.57 Å². The van der Waals surface area contributed by atoms with Crippen molar-refractivity contribution in [2.75, 3.05) is 30.8 Å². The SMILES string of the molecule is CNC(=O)N1CCC[C@@H](Nc2ncc3nc(Nc4c(Cl)cc(Cl)cc4Cl)n([C@H]4CC[C@@H](C(N)=O)CC4)c3n2)C1. The third-order valence-corrected chi connectivity index (χ3v) is 8.21. The van der Waals surface area contributed by atoms with Gasteiger partial charge >= 0.3 is 6.03 Å². The Bertz CT molecular complexity index is 1370. The van der Waals surface area contributed by atoms with Crippen molar-refractivity contribution in [1.29, 1.82) is 0 Å². The number of anilines is 3. The first-order valence-corrected chi connectivity index (χ1v) is 14.1. The number of fused-ring (bicyclic) bond motifs is 1. The Kier molecular flexibility index (Phi) is 8.20. The van der Waals surface area contributed by atoms with Crippen LogP contribution in [0.4, 0.5) is 22.4 Å². The van der Waals surface area contributed by atoms with Gasteiger partial charge in [0.15, 0.2) is 5.65 Å². The van der Waals surface area contributed by atoms with Crippen LogP contribution in [-0.2, 0) is 4.79 Å². The molecular formula is C25H30Cl3N9O2. The van der Waals surface area contributed by atoms with Gasteiger partial charge in [0.05, 0.1) is 21.9 Å². The van der Waals surface area contributed by atoms with E-state index in [0.717, 1.165) is 25.7 Å². The second kappa shape index (κ2) is 11.6. The summed E-state index contributed by atoms with van der Waals surface area (Å²) >= 11 is 19.0. The predicted octanol–water partition coefficient (Wildman–Crippen LogP) is 4.96. The first-order valence-electron chi connectivity index (χ1n) is 12.9. The second-order valence-corrected chi connectivity index (χ2v) is 11.2. The first-order chi connectivity index (χ1) is 18.7. The maximum absolute atomic E-state index is 12.1. The number of hydrogen-bond donors (Lipinski definition) is 4. The van der Waals surface area contributed by atoms with Crippen LogP contribution in [0.1, 0.15) is 44.6 Å². The number of carbonyl (C=O) groups excluding carboxylic acids is 2. The van der Waals surface area contributed by atoms with Crippen LogP contribution in [-0.4, -0.2) is 62.5 Å². The highest BCUT2D eigenvalue weighted by atomic mass is 35.5. The molecule has 2 aliphatic rings. The number of urea groups is 1. The zero-order valence-corrected chi connectivity index (χ0v) is 23.7. The van der Waals surface area contributed by atoms with Gasteiger partial charge in [0.25, 0.3) is 0 Å². The van der Waals surface area contributed by atoms with E-state index >= 15 is 0 Å². The average Bonchev–Trinajstić information content (AvgIpc) is 3.27. The molecule has 1 saturated carbocycles. The van der Waals surface area contributed by atoms with Crippen LogP contribution < -0.4 is 21.7 Å². The van der Waals surface area contributed by atoms with Crippen LogP contribution in [0.25, 0.3) is 11.2 Å². The van der Waals surface area contributed by atoms with Gasteiger partial charge < -0.3 is 26.6 Å². The molecule has 11 nitrogen and oxygen atoms in total. The zero-order valence-electron chi connectivity index (χ0n) is 21.4. The molecule has 208 valence electrons. The number of nitrogens with one attached hydrogen (secondary N) is 3. The number of nitrogens with zero attached hydrogens (tertiary/aromatic N) is 5. The molecule has 5 rings (SSSR count). The topological polar surface area (TPSA) is 143 Å². The summed E-state index contributed by atoms with van der Waals surface area (Å²) in [6, 6.07) is 3.14. The van der Waals surface area contributed by atoms with E-state index in [-0.39, 0.29) is 29.9 Å². The first kappa shape index (κ1) is 27.5. The third-order valence-electron chi connectivity index (χ3n) is 7.40. The summed E-state index contributed by atoms with van der Waals surface area (Å²) < 4.78 is 2.03. The number of rotatable bonds is 6. The molecule has 0 radical (unpaired) electrons. The Morgan fingerprint density at radius 2 is 1.77 bits per heavy atom. The maximum Gasteiger partial charge on any atom is 0.317 e. The minimum atomic E-state index is -0.269. The highest BCUT2D eigenvalue weighted by Crippen LogP contribution is 2.40. The molecule has 1 aromatic carbocycles. The molecular weight excluding hydrogens is 565 g/mol. The minimum absolute atomic E-state index is 0.0131. The number of benzene rings is 1. The summed E-state index contributed by atoms with van der Waals surface area (Å²) in [5.74, 6) is 0.545. The van der Waals surface area contributed by atoms with Crippen molar-refractivity contribution in [2.45, 2.75) is 50.6 Å². The Labute approximate surface area is 240 Å². The molecule has 5 N–H and O–H groups in total. The summed E-state index contributed by atoms with van der Waals surface area (Å²) in [5, 5.41) is 10.5. The van der Waals surface area contributed by atoms with E-state index in [0.29, 0.717) is 69.7 Å². The molecule has 1 aliphatic heterocycles. The van der Waals surface area contributed by atoms with Crippen molar-refractivity contribution >= 4 is 75.5 Å². The second-order valence-electron chi connectivity index (χ2n) is 9.97. The lowest BCUT2D eigenvalue weighted by Gasteiger charge is -2.32. The molecule has 3 aromatic rings.